The van der Waals surface area contributed by atoms with E-state index in [1.165, 1.54) is 27.8 Å². The average Bonchev–Trinajstić information content (AvgIpc) is 3.26. The van der Waals surface area contributed by atoms with Crippen LogP contribution in [-0.4, -0.2) is 50.5 Å². The van der Waals surface area contributed by atoms with Crippen molar-refractivity contribution < 1.29 is 4.39 Å². The molecule has 0 amide bonds. The molecule has 62 heavy (non-hydrogen) atoms. The van der Waals surface area contributed by atoms with E-state index < -0.39 is 0 Å². The molecule has 0 aromatic heterocycles. The topological polar surface area (TPSA) is 77.7 Å². The summed E-state index contributed by atoms with van der Waals surface area (Å²) in [4.78, 5) is 7.22. The molecule has 1 unspecified atom stereocenters. The van der Waals surface area contributed by atoms with Crippen LogP contribution in [0.25, 0.3) is 0 Å². The Labute approximate surface area is 378 Å². The van der Waals surface area contributed by atoms with E-state index in [9.17, 15) is 0 Å². The Morgan fingerprint density at radius 2 is 1.68 bits per heavy atom. The summed E-state index contributed by atoms with van der Waals surface area (Å²) in [6, 6.07) is 14.7. The third-order valence-electron chi connectivity index (χ3n) is 11.8. The highest BCUT2D eigenvalue weighted by Gasteiger charge is 2.20. The number of benzene rings is 2. The fourth-order valence-electron chi connectivity index (χ4n) is 7.68. The van der Waals surface area contributed by atoms with Crippen LogP contribution in [0.3, 0.4) is 0 Å². The van der Waals surface area contributed by atoms with Crippen LogP contribution in [0.5, 0.6) is 0 Å². The Kier molecular flexibility index (Phi) is 27.6. The molecule has 0 spiro atoms. The average molecular weight is 847 g/mol. The van der Waals surface area contributed by atoms with Gasteiger partial charge in [-0.2, -0.15) is 0 Å². The normalized spacial score (nSPS) is 14.9. The number of hydrogen-bond acceptors (Lipinski definition) is 6. The summed E-state index contributed by atoms with van der Waals surface area (Å²) >= 11 is 0. The van der Waals surface area contributed by atoms with Gasteiger partial charge in [-0.3, -0.25) is 9.89 Å². The number of terminal acetylenes is 1. The van der Waals surface area contributed by atoms with Crippen molar-refractivity contribution in [3.8, 4) is 12.8 Å². The van der Waals surface area contributed by atoms with E-state index in [-0.39, 0.29) is 5.82 Å². The maximum Gasteiger partial charge on any atom is 0.128 e. The van der Waals surface area contributed by atoms with Crippen molar-refractivity contribution in [1.82, 2.24) is 15.5 Å². The lowest BCUT2D eigenvalue weighted by atomic mass is 9.88. The molecule has 2 aromatic rings. The van der Waals surface area contributed by atoms with Crippen molar-refractivity contribution in [1.29, 1.82) is 0 Å². The first-order valence-electron chi connectivity index (χ1n) is 22.8. The molecular weight excluding hydrogens is 764 g/mol. The number of halogens is 1. The molecule has 6 nitrogen and oxygen atoms in total. The van der Waals surface area contributed by atoms with Gasteiger partial charge in [0.05, 0.1) is 0 Å². The molecule has 1 fully saturated rings. The van der Waals surface area contributed by atoms with Crippen molar-refractivity contribution in [2.75, 3.05) is 38.7 Å². The number of nitrogens with zero attached hydrogens (tertiary/aromatic N) is 2. The molecular formula is C55H83FN6. The minimum absolute atomic E-state index is 0.198. The lowest BCUT2D eigenvalue weighted by Gasteiger charge is -2.30. The minimum Gasteiger partial charge on any atom is -0.398 e. The standard InChI is InChI=1S/C39H64FN5.C14H17N.C2H2/c1-11-31(8)35(19-15-18-33(12-2)32(9)39(41)29(5)6)27-43-28-44-36-21-20-34(38(40)26-36)25-30(7)17-16-23-45(24-22-42-10)37(13-3)14-4;1-10-4-7-13(8-5-10)14-9-6-11(2)15-12(14)3;1-2/h12,20-21,26-27,37,42,44H,5,7,11,13-19,22-25,28,41H2,1-4,6,8-10H3;4-5,7-8,14-15H,2-3,6,9H2,1H3;1-2H/b33-12-,35-31+,39-32+,43-27-;;. The highest BCUT2D eigenvalue weighted by molar-refractivity contribution is 5.79. The van der Waals surface area contributed by atoms with Crippen molar-refractivity contribution in [3.63, 3.8) is 0 Å². The molecule has 0 radical (unpaired) electrons. The van der Waals surface area contributed by atoms with Crippen molar-refractivity contribution in [2.45, 2.75) is 138 Å². The lowest BCUT2D eigenvalue weighted by Crippen LogP contribution is -2.39. The highest BCUT2D eigenvalue weighted by Crippen LogP contribution is 2.32. The Bertz CT molecular complexity index is 1850. The Hall–Kier alpha value is -4.90. The number of likely N-dealkylation sites (N-methyl/N-ethyl adjacent to an activating group) is 1. The molecule has 1 heterocycles. The highest BCUT2D eigenvalue weighted by atomic mass is 19.1. The van der Waals surface area contributed by atoms with Crippen molar-refractivity contribution in [2.24, 2.45) is 10.7 Å². The summed E-state index contributed by atoms with van der Waals surface area (Å²) in [6.07, 6.45) is 23.0. The lowest BCUT2D eigenvalue weighted by molar-refractivity contribution is 0.185. The second kappa shape index (κ2) is 31.0. The molecule has 0 aliphatic carbocycles. The smallest absolute Gasteiger partial charge is 0.128 e. The van der Waals surface area contributed by atoms with Gasteiger partial charge in [-0.1, -0.05) is 100 Å². The first kappa shape index (κ1) is 55.1. The summed E-state index contributed by atoms with van der Waals surface area (Å²) < 4.78 is 15.0. The zero-order chi connectivity index (χ0) is 46.6. The van der Waals surface area contributed by atoms with Crippen LogP contribution in [0.4, 0.5) is 10.1 Å². The van der Waals surface area contributed by atoms with Crippen LogP contribution < -0.4 is 21.7 Å². The molecule has 1 atom stereocenters. The summed E-state index contributed by atoms with van der Waals surface area (Å²) in [7, 11) is 2.00. The molecule has 1 aliphatic rings. The van der Waals surface area contributed by atoms with Crippen LogP contribution in [0, 0.1) is 25.6 Å². The molecule has 340 valence electrons. The van der Waals surface area contributed by atoms with Crippen molar-refractivity contribution >= 4 is 11.9 Å². The van der Waals surface area contributed by atoms with Gasteiger partial charge < -0.3 is 21.7 Å². The maximum atomic E-state index is 15.0. The zero-order valence-corrected chi connectivity index (χ0v) is 40.3. The summed E-state index contributed by atoms with van der Waals surface area (Å²) in [6.45, 7) is 36.8. The van der Waals surface area contributed by atoms with Gasteiger partial charge in [-0.25, -0.2) is 4.39 Å². The predicted octanol–water partition coefficient (Wildman–Crippen LogP) is 13.2. The number of aliphatic imine (C=N–C) groups is 1. The summed E-state index contributed by atoms with van der Waals surface area (Å²) in [5.74, 6) is 0.243. The van der Waals surface area contributed by atoms with Crippen LogP contribution in [0.1, 0.15) is 135 Å². The number of piperidine rings is 1. The molecule has 0 bridgehead atoms. The number of nitrogens with two attached hydrogens (primary N) is 1. The van der Waals surface area contributed by atoms with E-state index in [4.69, 9.17) is 5.73 Å². The number of allylic oxidation sites excluding steroid dienone is 9. The van der Waals surface area contributed by atoms with Crippen LogP contribution >= 0.6 is 0 Å². The fraction of sp³-hybridized carbons (Fsp3) is 0.473. The molecule has 1 saturated heterocycles. The van der Waals surface area contributed by atoms with E-state index in [0.29, 0.717) is 30.6 Å². The SMILES string of the molecule is C#C.C=C(CCCN(CCNC)C(CC)CC)Cc1ccc(NC/N=C\C(CCCC(=C/C)/C(C)=C(/N)C(=C)C)=C(/C)CC)cc1F.C=C1CCC(c2ccc(C)cc2)C(=C)N1. The molecule has 7 heteroatoms. The second-order valence-corrected chi connectivity index (χ2v) is 16.5. The van der Waals surface area contributed by atoms with Crippen LogP contribution in [-0.2, 0) is 6.42 Å². The van der Waals surface area contributed by atoms with E-state index in [2.05, 4.69) is 144 Å². The zero-order valence-electron chi connectivity index (χ0n) is 40.3. The molecule has 1 aliphatic heterocycles. The Morgan fingerprint density at radius 3 is 2.24 bits per heavy atom. The third kappa shape index (κ3) is 19.9. The van der Waals surface area contributed by atoms with E-state index in [1.54, 1.807) is 6.07 Å². The molecule has 3 rings (SSSR count). The van der Waals surface area contributed by atoms with Gasteiger partial charge in [0.1, 0.15) is 12.5 Å². The summed E-state index contributed by atoms with van der Waals surface area (Å²) in [5, 5.41) is 9.78. The van der Waals surface area contributed by atoms with Crippen LogP contribution in [0.2, 0.25) is 0 Å². The molecule has 5 N–H and O–H groups in total. The minimum atomic E-state index is -0.198. The third-order valence-corrected chi connectivity index (χ3v) is 11.8. The number of anilines is 1. The number of aryl methyl sites for hydroxylation is 1. The van der Waals surface area contributed by atoms with Gasteiger partial charge in [0.25, 0.3) is 0 Å². The number of hydrogen-bond donors (Lipinski definition) is 4. The monoisotopic (exact) mass is 847 g/mol. The first-order chi connectivity index (χ1) is 29.7. The van der Waals surface area contributed by atoms with Gasteiger partial charge in [-0.15, -0.1) is 12.8 Å². The second-order valence-electron chi connectivity index (χ2n) is 16.5. The first-order valence-corrected chi connectivity index (χ1v) is 22.8. The van der Waals surface area contributed by atoms with Crippen molar-refractivity contribution in [3.05, 3.63) is 148 Å². The fourth-order valence-corrected chi connectivity index (χ4v) is 7.68. The number of nitrogens with one attached hydrogen (secondary N) is 3. The van der Waals surface area contributed by atoms with Gasteiger partial charge in [0, 0.05) is 54.0 Å². The Morgan fingerprint density at radius 1 is 1.00 bits per heavy atom. The van der Waals surface area contributed by atoms with Gasteiger partial charge in [-0.05, 0) is 164 Å². The van der Waals surface area contributed by atoms with E-state index in [0.717, 1.165) is 123 Å². The molecule has 2 aromatic carbocycles. The van der Waals surface area contributed by atoms with E-state index in [1.807, 2.05) is 32.3 Å². The van der Waals surface area contributed by atoms with Gasteiger partial charge >= 0.3 is 0 Å². The maximum absolute atomic E-state index is 15.0. The van der Waals surface area contributed by atoms with Gasteiger partial charge in [0.2, 0.25) is 0 Å². The Balaban J connectivity index is 0.000000931. The van der Waals surface area contributed by atoms with Gasteiger partial charge in [0.15, 0.2) is 0 Å². The van der Waals surface area contributed by atoms with Crippen LogP contribution in [0.15, 0.2) is 130 Å². The quantitative estimate of drug-likeness (QED) is 0.0366. The summed E-state index contributed by atoms with van der Waals surface area (Å²) in [5.41, 5.74) is 20.2. The number of rotatable bonds is 24. The van der Waals surface area contributed by atoms with E-state index >= 15 is 4.39 Å². The largest absolute Gasteiger partial charge is 0.398 e. The predicted molar refractivity (Wildman–Crippen MR) is 272 cm³/mol. The molecule has 0 saturated carbocycles.